The third kappa shape index (κ3) is 3.99. The second kappa shape index (κ2) is 6.17. The van der Waals surface area contributed by atoms with Crippen molar-refractivity contribution in [3.8, 4) is 0 Å². The second-order valence-corrected chi connectivity index (χ2v) is 7.31. The standard InChI is InChI=1S/C18H30N2/c1-14(15-6-8-17(9-7-15)20(4)5)19-16-10-12-18(2,3)13-11-16/h6-9,14,16,19H,10-13H2,1-5H3. The average molecular weight is 274 g/mol. The van der Waals surface area contributed by atoms with Crippen LogP contribution in [0.1, 0.15) is 58.1 Å². The quantitative estimate of drug-likeness (QED) is 0.877. The highest BCUT2D eigenvalue weighted by Gasteiger charge is 2.27. The molecule has 1 aliphatic carbocycles. The molecule has 0 aromatic heterocycles. The molecule has 0 radical (unpaired) electrons. The Balaban J connectivity index is 1.90. The van der Waals surface area contributed by atoms with Crippen molar-refractivity contribution in [2.75, 3.05) is 19.0 Å². The maximum atomic E-state index is 3.81. The monoisotopic (exact) mass is 274 g/mol. The summed E-state index contributed by atoms with van der Waals surface area (Å²) in [7, 11) is 4.17. The molecule has 20 heavy (non-hydrogen) atoms. The molecule has 1 aromatic rings. The molecule has 0 saturated heterocycles. The summed E-state index contributed by atoms with van der Waals surface area (Å²) in [6.07, 6.45) is 5.31. The highest BCUT2D eigenvalue weighted by Crippen LogP contribution is 2.35. The maximum absolute atomic E-state index is 3.81. The molecule has 2 nitrogen and oxygen atoms in total. The van der Waals surface area contributed by atoms with Gasteiger partial charge in [-0.3, -0.25) is 0 Å². The summed E-state index contributed by atoms with van der Waals surface area (Å²) in [6.45, 7) is 7.07. The summed E-state index contributed by atoms with van der Waals surface area (Å²) in [6, 6.07) is 10.0. The molecule has 1 unspecified atom stereocenters. The van der Waals surface area contributed by atoms with E-state index >= 15 is 0 Å². The number of hydrogen-bond acceptors (Lipinski definition) is 2. The van der Waals surface area contributed by atoms with E-state index in [-0.39, 0.29) is 0 Å². The van der Waals surface area contributed by atoms with Gasteiger partial charge >= 0.3 is 0 Å². The number of nitrogens with one attached hydrogen (secondary N) is 1. The molecule has 0 heterocycles. The first-order valence-corrected chi connectivity index (χ1v) is 7.91. The Labute approximate surface area is 124 Å². The lowest BCUT2D eigenvalue weighted by Crippen LogP contribution is -2.37. The van der Waals surface area contributed by atoms with Crippen LogP contribution in [-0.4, -0.2) is 20.1 Å². The van der Waals surface area contributed by atoms with Crippen LogP contribution in [0.3, 0.4) is 0 Å². The van der Waals surface area contributed by atoms with Gasteiger partial charge in [-0.05, 0) is 55.7 Å². The summed E-state index contributed by atoms with van der Waals surface area (Å²) in [5, 5.41) is 3.81. The van der Waals surface area contributed by atoms with Crippen molar-refractivity contribution in [2.45, 2.75) is 58.5 Å². The number of benzene rings is 1. The van der Waals surface area contributed by atoms with Crippen LogP contribution in [0.15, 0.2) is 24.3 Å². The first-order chi connectivity index (χ1) is 9.37. The highest BCUT2D eigenvalue weighted by atomic mass is 15.1. The fourth-order valence-electron chi connectivity index (χ4n) is 3.08. The smallest absolute Gasteiger partial charge is 0.0361 e. The van der Waals surface area contributed by atoms with Gasteiger partial charge in [-0.2, -0.15) is 0 Å². The lowest BCUT2D eigenvalue weighted by atomic mass is 9.75. The molecule has 1 atom stereocenters. The molecule has 0 aliphatic heterocycles. The number of hydrogen-bond donors (Lipinski definition) is 1. The van der Waals surface area contributed by atoms with Gasteiger partial charge in [0.2, 0.25) is 0 Å². The van der Waals surface area contributed by atoms with Crippen LogP contribution in [0.2, 0.25) is 0 Å². The van der Waals surface area contributed by atoms with Crippen molar-refractivity contribution in [3.63, 3.8) is 0 Å². The van der Waals surface area contributed by atoms with Gasteiger partial charge in [0, 0.05) is 31.9 Å². The fraction of sp³-hybridized carbons (Fsp3) is 0.667. The SMILES string of the molecule is CC(NC1CCC(C)(C)CC1)c1ccc(N(C)C)cc1. The molecule has 112 valence electrons. The van der Waals surface area contributed by atoms with E-state index in [1.54, 1.807) is 0 Å². The molecule has 1 aliphatic rings. The average Bonchev–Trinajstić information content (AvgIpc) is 2.41. The predicted molar refractivity (Wildman–Crippen MR) is 88.4 cm³/mol. The van der Waals surface area contributed by atoms with Crippen LogP contribution in [0.5, 0.6) is 0 Å². The zero-order valence-corrected chi connectivity index (χ0v) is 13.7. The minimum Gasteiger partial charge on any atom is -0.378 e. The van der Waals surface area contributed by atoms with Gasteiger partial charge in [0.15, 0.2) is 0 Å². The van der Waals surface area contributed by atoms with Gasteiger partial charge in [0.05, 0.1) is 0 Å². The van der Waals surface area contributed by atoms with E-state index in [0.717, 1.165) is 0 Å². The van der Waals surface area contributed by atoms with Gasteiger partial charge in [0.1, 0.15) is 0 Å². The third-order valence-electron chi connectivity index (χ3n) is 4.73. The second-order valence-electron chi connectivity index (χ2n) is 7.31. The topological polar surface area (TPSA) is 15.3 Å². The Hall–Kier alpha value is -1.02. The third-order valence-corrected chi connectivity index (χ3v) is 4.73. The predicted octanol–water partition coefficient (Wildman–Crippen LogP) is 4.37. The van der Waals surface area contributed by atoms with Crippen LogP contribution in [0.4, 0.5) is 5.69 Å². The molecule has 0 spiro atoms. The first kappa shape index (κ1) is 15.4. The number of rotatable bonds is 4. The molecule has 1 aromatic carbocycles. The molecule has 1 N–H and O–H groups in total. The van der Waals surface area contributed by atoms with Crippen LogP contribution >= 0.6 is 0 Å². The van der Waals surface area contributed by atoms with Crippen molar-refractivity contribution in [2.24, 2.45) is 5.41 Å². The Morgan fingerprint density at radius 1 is 1.10 bits per heavy atom. The lowest BCUT2D eigenvalue weighted by Gasteiger charge is -2.36. The summed E-state index contributed by atoms with van der Waals surface area (Å²) in [5.41, 5.74) is 3.20. The molecule has 1 saturated carbocycles. The van der Waals surface area contributed by atoms with E-state index in [9.17, 15) is 0 Å². The van der Waals surface area contributed by atoms with Crippen LogP contribution in [0, 0.1) is 5.41 Å². The fourth-order valence-corrected chi connectivity index (χ4v) is 3.08. The van der Waals surface area contributed by atoms with Gasteiger partial charge < -0.3 is 10.2 Å². The van der Waals surface area contributed by atoms with E-state index in [4.69, 9.17) is 0 Å². The van der Waals surface area contributed by atoms with Crippen LogP contribution in [-0.2, 0) is 0 Å². The van der Waals surface area contributed by atoms with E-state index in [1.807, 2.05) is 0 Å². The van der Waals surface area contributed by atoms with Gasteiger partial charge in [-0.25, -0.2) is 0 Å². The van der Waals surface area contributed by atoms with Gasteiger partial charge in [0.25, 0.3) is 0 Å². The molecular weight excluding hydrogens is 244 g/mol. The van der Waals surface area contributed by atoms with Crippen molar-refractivity contribution in [1.29, 1.82) is 0 Å². The molecular formula is C18H30N2. The van der Waals surface area contributed by atoms with Crippen molar-refractivity contribution in [3.05, 3.63) is 29.8 Å². The summed E-state index contributed by atoms with van der Waals surface area (Å²) in [4.78, 5) is 2.14. The first-order valence-electron chi connectivity index (χ1n) is 7.91. The lowest BCUT2D eigenvalue weighted by molar-refractivity contribution is 0.200. The van der Waals surface area contributed by atoms with E-state index in [1.165, 1.54) is 36.9 Å². The number of anilines is 1. The Morgan fingerprint density at radius 2 is 1.65 bits per heavy atom. The minimum absolute atomic E-state index is 0.442. The normalized spacial score (nSPS) is 20.6. The van der Waals surface area contributed by atoms with Crippen LogP contribution < -0.4 is 10.2 Å². The summed E-state index contributed by atoms with van der Waals surface area (Å²) >= 11 is 0. The van der Waals surface area contributed by atoms with Gasteiger partial charge in [-0.15, -0.1) is 0 Å². The zero-order chi connectivity index (χ0) is 14.8. The van der Waals surface area contributed by atoms with Gasteiger partial charge in [-0.1, -0.05) is 26.0 Å². The Bertz CT molecular complexity index is 410. The maximum Gasteiger partial charge on any atom is 0.0361 e. The molecule has 2 heteroatoms. The van der Waals surface area contributed by atoms with E-state index in [0.29, 0.717) is 17.5 Å². The molecule has 0 bridgehead atoms. The van der Waals surface area contributed by atoms with Crippen molar-refractivity contribution < 1.29 is 0 Å². The van der Waals surface area contributed by atoms with Crippen LogP contribution in [0.25, 0.3) is 0 Å². The van der Waals surface area contributed by atoms with Crippen molar-refractivity contribution in [1.82, 2.24) is 5.32 Å². The minimum atomic E-state index is 0.442. The van der Waals surface area contributed by atoms with Crippen molar-refractivity contribution >= 4 is 5.69 Å². The van der Waals surface area contributed by atoms with E-state index < -0.39 is 0 Å². The number of nitrogens with zero attached hydrogens (tertiary/aromatic N) is 1. The molecule has 0 amide bonds. The summed E-state index contributed by atoms with van der Waals surface area (Å²) < 4.78 is 0. The summed E-state index contributed by atoms with van der Waals surface area (Å²) in [5.74, 6) is 0. The largest absolute Gasteiger partial charge is 0.378 e. The van der Waals surface area contributed by atoms with E-state index in [2.05, 4.69) is 69.3 Å². The Kier molecular flexibility index (Phi) is 4.74. The molecule has 1 fully saturated rings. The highest BCUT2D eigenvalue weighted by molar-refractivity contribution is 5.46. The Morgan fingerprint density at radius 3 is 2.15 bits per heavy atom. The zero-order valence-electron chi connectivity index (χ0n) is 13.7. The molecule has 2 rings (SSSR count).